The summed E-state index contributed by atoms with van der Waals surface area (Å²) in [7, 11) is 1.76. The van der Waals surface area contributed by atoms with Crippen LogP contribution in [0.1, 0.15) is 6.92 Å². The van der Waals surface area contributed by atoms with Crippen molar-refractivity contribution in [3.63, 3.8) is 0 Å². The lowest BCUT2D eigenvalue weighted by atomic mass is 10.4. The number of nitrogens with one attached hydrogen (secondary N) is 1. The van der Waals surface area contributed by atoms with Crippen LogP contribution in [0.4, 0.5) is 5.95 Å². The summed E-state index contributed by atoms with van der Waals surface area (Å²) in [6, 6.07) is 0. The molecule has 0 aliphatic carbocycles. The van der Waals surface area contributed by atoms with E-state index >= 15 is 0 Å². The van der Waals surface area contributed by atoms with Gasteiger partial charge in [0.2, 0.25) is 11.9 Å². The molecular weight excluding hydrogens is 226 g/mol. The summed E-state index contributed by atoms with van der Waals surface area (Å²) in [5.74, 6) is 0.271. The van der Waals surface area contributed by atoms with Gasteiger partial charge in [0, 0.05) is 13.6 Å². The highest BCUT2D eigenvalue weighted by atomic mass is 32.2. The van der Waals surface area contributed by atoms with Crippen molar-refractivity contribution in [2.24, 2.45) is 7.05 Å². The first-order valence-electron chi connectivity index (χ1n) is 4.76. The largest absolute Gasteiger partial charge is 0.368 e. The first-order valence-corrected chi connectivity index (χ1v) is 5.64. The van der Waals surface area contributed by atoms with Crippen LogP contribution in [0.2, 0.25) is 0 Å². The van der Waals surface area contributed by atoms with E-state index in [9.17, 15) is 4.79 Å². The van der Waals surface area contributed by atoms with Crippen molar-refractivity contribution >= 4 is 23.6 Å². The molecule has 0 aliphatic rings. The third kappa shape index (κ3) is 2.99. The molecule has 16 heavy (non-hydrogen) atoms. The van der Waals surface area contributed by atoms with Gasteiger partial charge in [0.25, 0.3) is 0 Å². The van der Waals surface area contributed by atoms with Crippen LogP contribution in [0.15, 0.2) is 17.8 Å². The van der Waals surface area contributed by atoms with Crippen LogP contribution >= 0.6 is 11.8 Å². The topological polar surface area (TPSA) is 85.8 Å². The Bertz CT molecular complexity index is 389. The molecule has 0 saturated carbocycles. The molecule has 1 amide bonds. The second-order valence-corrected chi connectivity index (χ2v) is 4.50. The van der Waals surface area contributed by atoms with Crippen LogP contribution in [-0.4, -0.2) is 32.5 Å². The average Bonchev–Trinajstić information content (AvgIpc) is 2.57. The molecule has 0 bridgehead atoms. The van der Waals surface area contributed by atoms with Gasteiger partial charge in [0.05, 0.1) is 5.25 Å². The molecule has 1 rings (SSSR count). The smallest absolute Gasteiger partial charge is 0.233 e. The number of nitrogen functional groups attached to an aromatic ring is 1. The molecule has 88 valence electrons. The lowest BCUT2D eigenvalue weighted by molar-refractivity contribution is -0.120. The molecule has 1 atom stereocenters. The zero-order valence-electron chi connectivity index (χ0n) is 9.30. The predicted octanol–water partition coefficient (Wildman–Crippen LogP) is 0.180. The summed E-state index contributed by atoms with van der Waals surface area (Å²) in [6.45, 7) is 5.79. The van der Waals surface area contributed by atoms with Gasteiger partial charge in [0.15, 0.2) is 5.16 Å². The monoisotopic (exact) mass is 241 g/mol. The van der Waals surface area contributed by atoms with Gasteiger partial charge in [-0.3, -0.25) is 9.36 Å². The molecule has 1 heterocycles. The Labute approximate surface area is 98.3 Å². The predicted molar refractivity (Wildman–Crippen MR) is 63.9 cm³/mol. The first kappa shape index (κ1) is 12.6. The molecular formula is C9H15N5OS. The van der Waals surface area contributed by atoms with E-state index in [-0.39, 0.29) is 11.2 Å². The normalized spacial score (nSPS) is 12.1. The fraction of sp³-hybridized carbons (Fsp3) is 0.444. The van der Waals surface area contributed by atoms with Crippen LogP contribution in [0, 0.1) is 0 Å². The van der Waals surface area contributed by atoms with Crippen LogP contribution in [-0.2, 0) is 11.8 Å². The number of carbonyl (C=O) groups is 1. The summed E-state index contributed by atoms with van der Waals surface area (Å²) in [5.41, 5.74) is 5.53. The molecule has 0 saturated heterocycles. The molecule has 3 N–H and O–H groups in total. The van der Waals surface area contributed by atoms with Gasteiger partial charge >= 0.3 is 0 Å². The minimum Gasteiger partial charge on any atom is -0.368 e. The second-order valence-electron chi connectivity index (χ2n) is 3.19. The number of aromatic nitrogens is 3. The van der Waals surface area contributed by atoms with Gasteiger partial charge in [-0.25, -0.2) is 0 Å². The Balaban J connectivity index is 2.57. The Hall–Kier alpha value is -1.50. The standard InChI is InChI=1S/C9H15N5OS/c1-4-5-11-7(15)6(2)16-9-13-12-8(10)14(9)3/h4,6H,1,5H2,2-3H3,(H2,10,12)(H,11,15). The third-order valence-corrected chi connectivity index (χ3v) is 3.07. The maximum Gasteiger partial charge on any atom is 0.233 e. The number of nitrogens with zero attached hydrogens (tertiary/aromatic N) is 3. The van der Waals surface area contributed by atoms with Gasteiger partial charge in [-0.15, -0.1) is 16.8 Å². The van der Waals surface area contributed by atoms with E-state index in [0.717, 1.165) is 0 Å². The minimum absolute atomic E-state index is 0.0635. The zero-order chi connectivity index (χ0) is 12.1. The molecule has 0 aromatic carbocycles. The van der Waals surface area contributed by atoms with Crippen LogP contribution in [0.25, 0.3) is 0 Å². The fourth-order valence-electron chi connectivity index (χ4n) is 0.957. The summed E-state index contributed by atoms with van der Waals surface area (Å²) >= 11 is 1.31. The van der Waals surface area contributed by atoms with E-state index in [1.807, 2.05) is 0 Å². The summed E-state index contributed by atoms with van der Waals surface area (Å²) in [5, 5.41) is 10.7. The van der Waals surface area contributed by atoms with Gasteiger partial charge < -0.3 is 11.1 Å². The number of anilines is 1. The van der Waals surface area contributed by atoms with Crippen LogP contribution in [0.5, 0.6) is 0 Å². The van der Waals surface area contributed by atoms with Gasteiger partial charge in [-0.2, -0.15) is 0 Å². The highest BCUT2D eigenvalue weighted by Gasteiger charge is 2.17. The van der Waals surface area contributed by atoms with Crippen molar-refractivity contribution in [3.05, 3.63) is 12.7 Å². The molecule has 0 radical (unpaired) electrons. The Kier molecular flexibility index (Phi) is 4.36. The summed E-state index contributed by atoms with van der Waals surface area (Å²) in [6.07, 6.45) is 1.63. The molecule has 1 aromatic heterocycles. The minimum atomic E-state index is -0.248. The molecule has 0 spiro atoms. The number of nitrogens with two attached hydrogens (primary N) is 1. The van der Waals surface area contributed by atoms with Gasteiger partial charge in [0.1, 0.15) is 0 Å². The van der Waals surface area contributed by atoms with E-state index < -0.39 is 0 Å². The number of carbonyl (C=O) groups excluding carboxylic acids is 1. The lowest BCUT2D eigenvalue weighted by Gasteiger charge is -2.09. The molecule has 1 unspecified atom stereocenters. The Morgan fingerprint density at radius 3 is 2.94 bits per heavy atom. The number of amides is 1. The van der Waals surface area contributed by atoms with Crippen molar-refractivity contribution in [1.82, 2.24) is 20.1 Å². The van der Waals surface area contributed by atoms with Crippen molar-refractivity contribution in [2.45, 2.75) is 17.3 Å². The SMILES string of the molecule is C=CCNC(=O)C(C)Sc1nnc(N)n1C. The van der Waals surface area contributed by atoms with Gasteiger partial charge in [-0.1, -0.05) is 17.8 Å². The van der Waals surface area contributed by atoms with E-state index in [1.54, 1.807) is 24.6 Å². The molecule has 0 fully saturated rings. The second kappa shape index (κ2) is 5.55. The fourth-order valence-corrected chi connectivity index (χ4v) is 1.80. The Morgan fingerprint density at radius 2 is 2.44 bits per heavy atom. The number of hydrogen-bond donors (Lipinski definition) is 2. The van der Waals surface area contributed by atoms with E-state index in [2.05, 4.69) is 22.1 Å². The summed E-state index contributed by atoms with van der Waals surface area (Å²) < 4.78 is 1.64. The van der Waals surface area contributed by atoms with E-state index in [4.69, 9.17) is 5.73 Å². The maximum absolute atomic E-state index is 11.6. The number of hydrogen-bond acceptors (Lipinski definition) is 5. The van der Waals surface area contributed by atoms with Crippen molar-refractivity contribution < 1.29 is 4.79 Å². The molecule has 7 heteroatoms. The van der Waals surface area contributed by atoms with Crippen molar-refractivity contribution in [2.75, 3.05) is 12.3 Å². The van der Waals surface area contributed by atoms with Crippen molar-refractivity contribution in [3.8, 4) is 0 Å². The van der Waals surface area contributed by atoms with Crippen LogP contribution < -0.4 is 11.1 Å². The number of thioether (sulfide) groups is 1. The lowest BCUT2D eigenvalue weighted by Crippen LogP contribution is -2.31. The quantitative estimate of drug-likeness (QED) is 0.567. The third-order valence-electron chi connectivity index (χ3n) is 1.94. The Morgan fingerprint density at radius 1 is 1.75 bits per heavy atom. The van der Waals surface area contributed by atoms with Gasteiger partial charge in [-0.05, 0) is 6.92 Å². The highest BCUT2D eigenvalue weighted by molar-refractivity contribution is 8.00. The zero-order valence-corrected chi connectivity index (χ0v) is 10.1. The van der Waals surface area contributed by atoms with Crippen molar-refractivity contribution in [1.29, 1.82) is 0 Å². The molecule has 6 nitrogen and oxygen atoms in total. The van der Waals surface area contributed by atoms with E-state index in [0.29, 0.717) is 17.6 Å². The first-order chi connectivity index (χ1) is 7.56. The summed E-state index contributed by atoms with van der Waals surface area (Å²) in [4.78, 5) is 11.6. The molecule has 0 aliphatic heterocycles. The molecule has 1 aromatic rings. The highest BCUT2D eigenvalue weighted by Crippen LogP contribution is 2.21. The average molecular weight is 241 g/mol. The number of rotatable bonds is 5. The van der Waals surface area contributed by atoms with Crippen LogP contribution in [0.3, 0.4) is 0 Å². The maximum atomic E-state index is 11.6. The van der Waals surface area contributed by atoms with E-state index in [1.165, 1.54) is 11.8 Å².